The van der Waals surface area contributed by atoms with Crippen molar-refractivity contribution in [3.63, 3.8) is 0 Å². The van der Waals surface area contributed by atoms with Crippen molar-refractivity contribution in [2.75, 3.05) is 7.11 Å². The molecular formula is C32H25N3O5. The average molecular weight is 532 g/mol. The van der Waals surface area contributed by atoms with E-state index >= 15 is 0 Å². The van der Waals surface area contributed by atoms with Crippen LogP contribution in [0.5, 0.6) is 23.1 Å². The summed E-state index contributed by atoms with van der Waals surface area (Å²) in [6.07, 6.45) is -0.0820. The monoisotopic (exact) mass is 531 g/mol. The zero-order chi connectivity index (χ0) is 28.0. The van der Waals surface area contributed by atoms with Crippen molar-refractivity contribution >= 4 is 21.9 Å². The van der Waals surface area contributed by atoms with Crippen molar-refractivity contribution < 1.29 is 18.6 Å². The summed E-state index contributed by atoms with van der Waals surface area (Å²) in [4.78, 5) is 18.4. The van der Waals surface area contributed by atoms with Crippen LogP contribution in [0.2, 0.25) is 0 Å². The van der Waals surface area contributed by atoms with Gasteiger partial charge in [0.2, 0.25) is 5.88 Å². The SMILES string of the molecule is COc1ccc2nc(Oc3ccc(C)cc3)c(C3C(CC#N)=C(N)Oc4c3c(=O)oc3ccc(C)cc43)cc2c1. The normalized spacial score (nSPS) is 14.5. The molecule has 198 valence electrons. The second kappa shape index (κ2) is 9.79. The van der Waals surface area contributed by atoms with E-state index in [4.69, 9.17) is 29.3 Å². The maximum absolute atomic E-state index is 13.6. The van der Waals surface area contributed by atoms with E-state index in [2.05, 4.69) is 6.07 Å². The summed E-state index contributed by atoms with van der Waals surface area (Å²) in [6, 6.07) is 22.6. The van der Waals surface area contributed by atoms with Gasteiger partial charge in [-0.25, -0.2) is 9.78 Å². The molecule has 8 heteroatoms. The highest BCUT2D eigenvalue weighted by Crippen LogP contribution is 2.48. The highest BCUT2D eigenvalue weighted by atomic mass is 16.5. The van der Waals surface area contributed by atoms with E-state index in [0.29, 0.717) is 44.9 Å². The molecule has 3 aromatic carbocycles. The topological polar surface area (TPSA) is 121 Å². The van der Waals surface area contributed by atoms with Crippen LogP contribution in [0.15, 0.2) is 87.4 Å². The summed E-state index contributed by atoms with van der Waals surface area (Å²) >= 11 is 0. The minimum absolute atomic E-state index is 0.0551. The molecule has 2 N–H and O–H groups in total. The first-order valence-electron chi connectivity index (χ1n) is 12.7. The fourth-order valence-corrected chi connectivity index (χ4v) is 5.06. The van der Waals surface area contributed by atoms with Crippen molar-refractivity contribution in [3.8, 4) is 29.2 Å². The van der Waals surface area contributed by atoms with Crippen LogP contribution < -0.4 is 25.6 Å². The summed E-state index contributed by atoms with van der Waals surface area (Å²) in [7, 11) is 1.59. The molecule has 1 aliphatic heterocycles. The lowest BCUT2D eigenvalue weighted by Gasteiger charge is -2.29. The van der Waals surface area contributed by atoms with E-state index in [1.165, 1.54) is 0 Å². The number of hydrogen-bond donors (Lipinski definition) is 1. The third kappa shape index (κ3) is 4.28. The molecule has 0 spiro atoms. The Labute approximate surface area is 229 Å². The highest BCUT2D eigenvalue weighted by molar-refractivity contribution is 5.87. The lowest BCUT2D eigenvalue weighted by molar-refractivity contribution is 0.379. The number of fused-ring (bicyclic) bond motifs is 4. The van der Waals surface area contributed by atoms with Crippen molar-refractivity contribution in [2.45, 2.75) is 26.2 Å². The van der Waals surface area contributed by atoms with Gasteiger partial charge >= 0.3 is 5.63 Å². The van der Waals surface area contributed by atoms with Gasteiger partial charge in [-0.3, -0.25) is 0 Å². The maximum atomic E-state index is 13.6. The van der Waals surface area contributed by atoms with Crippen molar-refractivity contribution in [1.29, 1.82) is 5.26 Å². The summed E-state index contributed by atoms with van der Waals surface area (Å²) in [5.41, 5.74) is 10.1. The third-order valence-corrected chi connectivity index (χ3v) is 7.04. The van der Waals surface area contributed by atoms with Gasteiger partial charge in [0.15, 0.2) is 11.6 Å². The van der Waals surface area contributed by atoms with Gasteiger partial charge in [-0.2, -0.15) is 5.26 Å². The van der Waals surface area contributed by atoms with E-state index in [1.807, 2.05) is 74.5 Å². The summed E-state index contributed by atoms with van der Waals surface area (Å²) in [5.74, 6) is 1.03. The Morgan fingerprint density at radius 1 is 1.00 bits per heavy atom. The van der Waals surface area contributed by atoms with Gasteiger partial charge in [-0.15, -0.1) is 0 Å². The van der Waals surface area contributed by atoms with Crippen molar-refractivity contribution in [3.05, 3.63) is 111 Å². The zero-order valence-electron chi connectivity index (χ0n) is 22.1. The predicted octanol–water partition coefficient (Wildman–Crippen LogP) is 6.37. The molecular weight excluding hydrogens is 506 g/mol. The number of nitriles is 1. The molecule has 0 fully saturated rings. The van der Waals surface area contributed by atoms with Gasteiger partial charge in [0.05, 0.1) is 42.0 Å². The first-order valence-corrected chi connectivity index (χ1v) is 12.7. The second-order valence-electron chi connectivity index (χ2n) is 9.75. The fraction of sp³-hybridized carbons (Fsp3) is 0.156. The second-order valence-corrected chi connectivity index (χ2v) is 9.75. The molecule has 1 unspecified atom stereocenters. The Morgan fingerprint density at radius 3 is 2.50 bits per heavy atom. The van der Waals surface area contributed by atoms with Crippen LogP contribution in [-0.4, -0.2) is 12.1 Å². The highest BCUT2D eigenvalue weighted by Gasteiger charge is 2.37. The number of aryl methyl sites for hydroxylation is 2. The maximum Gasteiger partial charge on any atom is 0.344 e. The molecule has 6 rings (SSSR count). The Bertz CT molecular complexity index is 1930. The average Bonchev–Trinajstić information content (AvgIpc) is 2.95. The molecule has 0 saturated heterocycles. The van der Waals surface area contributed by atoms with Crippen LogP contribution in [0.4, 0.5) is 0 Å². The van der Waals surface area contributed by atoms with E-state index in [0.717, 1.165) is 16.5 Å². The number of allylic oxidation sites excluding steroid dienone is 1. The summed E-state index contributed by atoms with van der Waals surface area (Å²) in [6.45, 7) is 3.93. The van der Waals surface area contributed by atoms with Crippen molar-refractivity contribution in [2.24, 2.45) is 5.73 Å². The lowest BCUT2D eigenvalue weighted by atomic mass is 9.82. The molecule has 0 aliphatic carbocycles. The lowest BCUT2D eigenvalue weighted by Crippen LogP contribution is -2.27. The molecule has 3 heterocycles. The zero-order valence-corrected chi connectivity index (χ0v) is 22.1. The number of nitrogens with two attached hydrogens (primary N) is 1. The number of methoxy groups -OCH3 is 1. The Morgan fingerprint density at radius 2 is 1.75 bits per heavy atom. The van der Waals surface area contributed by atoms with E-state index in [1.54, 1.807) is 13.2 Å². The van der Waals surface area contributed by atoms with Crippen LogP contribution >= 0.6 is 0 Å². The number of rotatable bonds is 5. The van der Waals surface area contributed by atoms with E-state index < -0.39 is 11.5 Å². The van der Waals surface area contributed by atoms with E-state index in [9.17, 15) is 10.1 Å². The first-order chi connectivity index (χ1) is 19.4. The van der Waals surface area contributed by atoms with Gasteiger partial charge in [0.25, 0.3) is 0 Å². The largest absolute Gasteiger partial charge is 0.497 e. The molecule has 2 aromatic heterocycles. The Kier molecular flexibility index (Phi) is 6.12. The van der Waals surface area contributed by atoms with Gasteiger partial charge in [0, 0.05) is 16.5 Å². The summed E-state index contributed by atoms with van der Waals surface area (Å²) < 4.78 is 23.6. The smallest absolute Gasteiger partial charge is 0.344 e. The van der Waals surface area contributed by atoms with Gasteiger partial charge in [0.1, 0.15) is 17.1 Å². The molecule has 0 saturated carbocycles. The van der Waals surface area contributed by atoms with E-state index in [-0.39, 0.29) is 23.7 Å². The molecule has 0 bridgehead atoms. The first kappa shape index (κ1) is 25.0. The van der Waals surface area contributed by atoms with Crippen molar-refractivity contribution in [1.82, 2.24) is 4.98 Å². The molecule has 5 aromatic rings. The number of aromatic nitrogens is 1. The van der Waals surface area contributed by atoms with Crippen LogP contribution in [0.1, 0.15) is 34.6 Å². The number of pyridine rings is 1. The minimum atomic E-state index is -0.812. The Hall–Kier alpha value is -5.29. The number of nitrogens with zero attached hydrogens (tertiary/aromatic N) is 2. The van der Waals surface area contributed by atoms with Crippen LogP contribution in [0, 0.1) is 25.2 Å². The van der Waals surface area contributed by atoms with Crippen LogP contribution in [-0.2, 0) is 0 Å². The standard InChI is InChI=1S/C32H25N3O5/c1-17-4-7-20(8-5-17)38-31-24(16-19-15-21(37-3)9-10-25(19)35-31)27-22(12-13-33)30(34)40-29-23-14-18(2)6-11-26(23)39-32(36)28(27)29/h4-11,14-16,27H,12,34H2,1-3H3. The van der Waals surface area contributed by atoms with Gasteiger partial charge in [-0.1, -0.05) is 29.3 Å². The summed E-state index contributed by atoms with van der Waals surface area (Å²) in [5, 5.41) is 11.1. The number of hydrogen-bond acceptors (Lipinski definition) is 8. The van der Waals surface area contributed by atoms with Gasteiger partial charge < -0.3 is 24.4 Å². The minimum Gasteiger partial charge on any atom is -0.497 e. The van der Waals surface area contributed by atoms with Crippen LogP contribution in [0.25, 0.3) is 21.9 Å². The molecule has 1 aliphatic rings. The molecule has 0 radical (unpaired) electrons. The molecule has 1 atom stereocenters. The van der Waals surface area contributed by atoms with Gasteiger partial charge in [-0.05, 0) is 62.4 Å². The third-order valence-electron chi connectivity index (χ3n) is 7.04. The predicted molar refractivity (Wildman–Crippen MR) is 151 cm³/mol. The Balaban J connectivity index is 1.67. The quantitative estimate of drug-likeness (QED) is 0.260. The molecule has 40 heavy (non-hydrogen) atoms. The molecule has 0 amide bonds. The fourth-order valence-electron chi connectivity index (χ4n) is 5.06. The number of ether oxygens (including phenoxy) is 3. The van der Waals surface area contributed by atoms with Crippen LogP contribution in [0.3, 0.4) is 0 Å². The molecule has 8 nitrogen and oxygen atoms in total. The number of benzene rings is 3.